The summed E-state index contributed by atoms with van der Waals surface area (Å²) in [5, 5.41) is 10.5. The fourth-order valence-corrected chi connectivity index (χ4v) is 1.37. The molecule has 0 N–H and O–H groups in total. The van der Waals surface area contributed by atoms with Crippen molar-refractivity contribution in [2.24, 2.45) is 0 Å². The van der Waals surface area contributed by atoms with Crippen molar-refractivity contribution >= 4 is 17.9 Å². The molecule has 7 heteroatoms. The standard InChI is InChI=1S/C9H9NO4.C5H4O2/c1-2-14-9(11)7-5-3-4-6-8(7)10(12)13;6-4-5-2-1-3-7-5/h3-6H,2H2,1H3;1-4H. The average Bonchev–Trinajstić information content (AvgIpc) is 3.01. The largest absolute Gasteiger partial charge is 0.462 e. The third-order valence-electron chi connectivity index (χ3n) is 2.26. The lowest BCUT2D eigenvalue weighted by atomic mass is 10.2. The van der Waals surface area contributed by atoms with Crippen LogP contribution < -0.4 is 0 Å². The van der Waals surface area contributed by atoms with Gasteiger partial charge in [0.2, 0.25) is 0 Å². The quantitative estimate of drug-likeness (QED) is 0.371. The number of nitro groups is 1. The lowest BCUT2D eigenvalue weighted by Crippen LogP contribution is -2.07. The molecule has 2 aromatic rings. The molecule has 0 aliphatic carbocycles. The van der Waals surface area contributed by atoms with Crippen LogP contribution in [-0.2, 0) is 4.74 Å². The first kappa shape index (κ1) is 16.1. The van der Waals surface area contributed by atoms with Crippen LogP contribution in [0.5, 0.6) is 0 Å². The van der Waals surface area contributed by atoms with E-state index in [2.05, 4.69) is 9.15 Å². The van der Waals surface area contributed by atoms with Crippen LogP contribution >= 0.6 is 0 Å². The smallest absolute Gasteiger partial charge is 0.345 e. The second-order valence-corrected chi connectivity index (χ2v) is 3.63. The highest BCUT2D eigenvalue weighted by Crippen LogP contribution is 2.18. The number of nitro benzene ring substituents is 1. The number of aldehydes is 1. The van der Waals surface area contributed by atoms with Crippen molar-refractivity contribution in [2.75, 3.05) is 6.61 Å². The SMILES string of the molecule is CCOC(=O)c1ccccc1[N+](=O)[O-].O=Cc1ccco1. The predicted octanol–water partition coefficient (Wildman–Crippen LogP) is 2.86. The zero-order valence-corrected chi connectivity index (χ0v) is 11.2. The van der Waals surface area contributed by atoms with Crippen molar-refractivity contribution in [1.29, 1.82) is 0 Å². The molecule has 0 aliphatic heterocycles. The third kappa shape index (κ3) is 4.90. The van der Waals surface area contributed by atoms with Gasteiger partial charge in [-0.05, 0) is 25.1 Å². The molecule has 21 heavy (non-hydrogen) atoms. The number of esters is 1. The Labute approximate surface area is 120 Å². The molecule has 1 heterocycles. The lowest BCUT2D eigenvalue weighted by Gasteiger charge is -2.01. The van der Waals surface area contributed by atoms with Crippen molar-refractivity contribution in [3.8, 4) is 0 Å². The Bertz CT molecular complexity index is 606. The van der Waals surface area contributed by atoms with E-state index in [0.717, 1.165) is 0 Å². The number of carbonyl (C=O) groups is 2. The van der Waals surface area contributed by atoms with Gasteiger partial charge in [0, 0.05) is 6.07 Å². The highest BCUT2D eigenvalue weighted by Gasteiger charge is 2.19. The molecule has 110 valence electrons. The minimum atomic E-state index is -0.667. The zero-order valence-electron chi connectivity index (χ0n) is 11.2. The molecule has 0 saturated carbocycles. The topological polar surface area (TPSA) is 99.6 Å². The van der Waals surface area contributed by atoms with Crippen LogP contribution in [0.2, 0.25) is 0 Å². The fourth-order valence-electron chi connectivity index (χ4n) is 1.37. The molecule has 0 aliphatic rings. The summed E-state index contributed by atoms with van der Waals surface area (Å²) in [5.41, 5.74) is -0.245. The molecule has 0 radical (unpaired) electrons. The number of nitrogens with zero attached hydrogens (tertiary/aromatic N) is 1. The maximum Gasteiger partial charge on any atom is 0.345 e. The van der Waals surface area contributed by atoms with E-state index in [1.165, 1.54) is 24.5 Å². The third-order valence-corrected chi connectivity index (χ3v) is 2.26. The molecule has 0 atom stereocenters. The second kappa shape index (κ2) is 8.26. The van der Waals surface area contributed by atoms with Crippen LogP contribution in [0.3, 0.4) is 0 Å². The number of rotatable bonds is 4. The summed E-state index contributed by atoms with van der Waals surface area (Å²) in [4.78, 5) is 30.9. The van der Waals surface area contributed by atoms with Gasteiger partial charge in [-0.3, -0.25) is 14.9 Å². The predicted molar refractivity (Wildman–Crippen MR) is 73.1 cm³/mol. The van der Waals surface area contributed by atoms with Gasteiger partial charge in [0.1, 0.15) is 5.56 Å². The van der Waals surface area contributed by atoms with Crippen molar-refractivity contribution in [1.82, 2.24) is 0 Å². The van der Waals surface area contributed by atoms with E-state index in [9.17, 15) is 19.7 Å². The van der Waals surface area contributed by atoms with Crippen LogP contribution in [0.4, 0.5) is 5.69 Å². The van der Waals surface area contributed by atoms with Crippen LogP contribution in [0, 0.1) is 10.1 Å². The fraction of sp³-hybridized carbons (Fsp3) is 0.143. The van der Waals surface area contributed by atoms with Crippen LogP contribution in [-0.4, -0.2) is 23.8 Å². The number of carbonyl (C=O) groups excluding carboxylic acids is 2. The Balaban J connectivity index is 0.000000262. The number of hydrogen-bond acceptors (Lipinski definition) is 6. The molecule has 0 bridgehead atoms. The van der Waals surface area contributed by atoms with E-state index in [4.69, 9.17) is 0 Å². The summed E-state index contributed by atoms with van der Waals surface area (Å²) in [5.74, 6) is -0.292. The van der Waals surface area contributed by atoms with Gasteiger partial charge < -0.3 is 9.15 Å². The van der Waals surface area contributed by atoms with Crippen molar-refractivity contribution < 1.29 is 23.7 Å². The van der Waals surface area contributed by atoms with Gasteiger partial charge in [0.15, 0.2) is 12.0 Å². The molecule has 0 saturated heterocycles. The van der Waals surface area contributed by atoms with Gasteiger partial charge in [-0.1, -0.05) is 12.1 Å². The van der Waals surface area contributed by atoms with E-state index >= 15 is 0 Å². The van der Waals surface area contributed by atoms with Gasteiger partial charge in [-0.15, -0.1) is 0 Å². The average molecular weight is 291 g/mol. The van der Waals surface area contributed by atoms with Crippen molar-refractivity contribution in [3.63, 3.8) is 0 Å². The number of furan rings is 1. The Morgan fingerprint density at radius 3 is 2.52 bits per heavy atom. The number of para-hydroxylation sites is 1. The first-order valence-electron chi connectivity index (χ1n) is 5.99. The van der Waals surface area contributed by atoms with E-state index < -0.39 is 10.9 Å². The van der Waals surface area contributed by atoms with Gasteiger partial charge >= 0.3 is 5.97 Å². The molecule has 7 nitrogen and oxygen atoms in total. The maximum absolute atomic E-state index is 11.2. The summed E-state index contributed by atoms with van der Waals surface area (Å²) in [7, 11) is 0. The summed E-state index contributed by atoms with van der Waals surface area (Å²) >= 11 is 0. The minimum Gasteiger partial charge on any atom is -0.462 e. The molecule has 1 aromatic heterocycles. The van der Waals surface area contributed by atoms with Gasteiger partial charge in [0.05, 0.1) is 17.8 Å². The first-order valence-corrected chi connectivity index (χ1v) is 5.99. The molecule has 0 unspecified atom stereocenters. The number of benzene rings is 1. The van der Waals surface area contributed by atoms with Crippen LogP contribution in [0.1, 0.15) is 27.8 Å². The monoisotopic (exact) mass is 291 g/mol. The number of ether oxygens (including phenoxy) is 1. The normalized spacial score (nSPS) is 9.19. The summed E-state index contributed by atoms with van der Waals surface area (Å²) < 4.78 is 9.29. The van der Waals surface area contributed by atoms with Crippen LogP contribution in [0.15, 0.2) is 47.1 Å². The summed E-state index contributed by atoms with van der Waals surface area (Å²) in [6, 6.07) is 8.97. The van der Waals surface area contributed by atoms with Gasteiger partial charge in [0.25, 0.3) is 5.69 Å². The highest BCUT2D eigenvalue weighted by molar-refractivity contribution is 5.93. The van der Waals surface area contributed by atoms with Crippen LogP contribution in [0.25, 0.3) is 0 Å². The Morgan fingerprint density at radius 1 is 1.33 bits per heavy atom. The van der Waals surface area contributed by atoms with Gasteiger partial charge in [-0.2, -0.15) is 0 Å². The van der Waals surface area contributed by atoms with Crippen molar-refractivity contribution in [2.45, 2.75) is 6.92 Å². The summed E-state index contributed by atoms with van der Waals surface area (Å²) in [6.45, 7) is 1.84. The minimum absolute atomic E-state index is 0.0145. The maximum atomic E-state index is 11.2. The van der Waals surface area contributed by atoms with E-state index in [-0.39, 0.29) is 17.9 Å². The van der Waals surface area contributed by atoms with E-state index in [0.29, 0.717) is 12.0 Å². The highest BCUT2D eigenvalue weighted by atomic mass is 16.6. The van der Waals surface area contributed by atoms with Crippen molar-refractivity contribution in [3.05, 3.63) is 64.1 Å². The number of hydrogen-bond donors (Lipinski definition) is 0. The zero-order chi connectivity index (χ0) is 15.7. The molecule has 0 spiro atoms. The molecule has 2 rings (SSSR count). The Kier molecular flexibility index (Phi) is 6.33. The van der Waals surface area contributed by atoms with Gasteiger partial charge in [-0.25, -0.2) is 4.79 Å². The molecular weight excluding hydrogens is 278 g/mol. The molecule has 0 amide bonds. The van der Waals surface area contributed by atoms with E-state index in [1.807, 2.05) is 0 Å². The van der Waals surface area contributed by atoms with E-state index in [1.54, 1.807) is 25.1 Å². The Morgan fingerprint density at radius 2 is 2.05 bits per heavy atom. The first-order chi connectivity index (χ1) is 10.1. The lowest BCUT2D eigenvalue weighted by molar-refractivity contribution is -0.385. The molecule has 0 fully saturated rings. The Hall–Kier alpha value is -2.96. The second-order valence-electron chi connectivity index (χ2n) is 3.63. The molecular formula is C14H13NO6. The summed E-state index contributed by atoms with van der Waals surface area (Å²) in [6.07, 6.45) is 2.13. The molecule has 1 aromatic carbocycles.